The number of imidazole rings is 1. The number of nitrogens with one attached hydrogen (secondary N) is 2. The van der Waals surface area contributed by atoms with Crippen LogP contribution in [-0.4, -0.2) is 31.7 Å². The Morgan fingerprint density at radius 2 is 2.18 bits per heavy atom. The van der Waals surface area contributed by atoms with Crippen molar-refractivity contribution >= 4 is 44.2 Å². The SMILES string of the molecule is Cc1c(F)c(Br)c2[nH]ncc2c1-c1ccc2nc(NC(=O)C3CC3F)cn2c1. The minimum atomic E-state index is -1.06. The normalized spacial score (nSPS) is 18.7. The Morgan fingerprint density at radius 1 is 1.39 bits per heavy atom. The number of fused-ring (bicyclic) bond motifs is 2. The quantitative estimate of drug-likeness (QED) is 0.491. The fourth-order valence-corrected chi connectivity index (χ4v) is 4.05. The number of carbonyl (C=O) groups excluding carboxylic acids is 1. The molecule has 3 aromatic heterocycles. The number of rotatable bonds is 3. The van der Waals surface area contributed by atoms with Crippen molar-refractivity contribution in [3.63, 3.8) is 0 Å². The number of aromatic nitrogens is 4. The van der Waals surface area contributed by atoms with Crippen LogP contribution in [0.1, 0.15) is 12.0 Å². The minimum absolute atomic E-state index is 0.262. The van der Waals surface area contributed by atoms with Gasteiger partial charge in [-0.15, -0.1) is 0 Å². The van der Waals surface area contributed by atoms with Crippen LogP contribution in [0.25, 0.3) is 27.7 Å². The molecule has 1 amide bonds. The predicted molar refractivity (Wildman–Crippen MR) is 104 cm³/mol. The van der Waals surface area contributed by atoms with Crippen molar-refractivity contribution in [1.29, 1.82) is 0 Å². The molecule has 0 bridgehead atoms. The van der Waals surface area contributed by atoms with Gasteiger partial charge < -0.3 is 9.72 Å². The lowest BCUT2D eigenvalue weighted by Gasteiger charge is -2.11. The lowest BCUT2D eigenvalue weighted by Crippen LogP contribution is -2.15. The number of hydrogen-bond donors (Lipinski definition) is 2. The molecule has 0 saturated heterocycles. The lowest BCUT2D eigenvalue weighted by atomic mass is 9.98. The van der Waals surface area contributed by atoms with Crippen molar-refractivity contribution in [3.05, 3.63) is 46.6 Å². The molecule has 1 aliphatic carbocycles. The van der Waals surface area contributed by atoms with E-state index in [9.17, 15) is 13.6 Å². The molecule has 1 aliphatic rings. The summed E-state index contributed by atoms with van der Waals surface area (Å²) >= 11 is 3.28. The molecule has 2 atom stereocenters. The molecule has 1 aromatic carbocycles. The molecule has 4 aromatic rings. The lowest BCUT2D eigenvalue weighted by molar-refractivity contribution is -0.117. The number of aromatic amines is 1. The van der Waals surface area contributed by atoms with Crippen LogP contribution in [0.15, 0.2) is 35.2 Å². The van der Waals surface area contributed by atoms with Gasteiger partial charge in [-0.1, -0.05) is 0 Å². The van der Waals surface area contributed by atoms with E-state index in [1.54, 1.807) is 29.8 Å². The summed E-state index contributed by atoms with van der Waals surface area (Å²) in [7, 11) is 0. The van der Waals surface area contributed by atoms with E-state index >= 15 is 0 Å². The number of halogens is 3. The van der Waals surface area contributed by atoms with Crippen LogP contribution in [0.5, 0.6) is 0 Å². The van der Waals surface area contributed by atoms with E-state index in [2.05, 4.69) is 36.4 Å². The summed E-state index contributed by atoms with van der Waals surface area (Å²) in [5.74, 6) is -0.936. The maximum absolute atomic E-state index is 14.7. The predicted octanol–water partition coefficient (Wildman–Crippen LogP) is 4.38. The number of H-pyrrole nitrogens is 1. The van der Waals surface area contributed by atoms with Crippen LogP contribution in [-0.2, 0) is 4.79 Å². The van der Waals surface area contributed by atoms with Gasteiger partial charge in [0.25, 0.3) is 0 Å². The molecule has 0 spiro atoms. The van der Waals surface area contributed by atoms with Crippen LogP contribution in [0.2, 0.25) is 0 Å². The van der Waals surface area contributed by atoms with E-state index in [-0.39, 0.29) is 18.1 Å². The summed E-state index contributed by atoms with van der Waals surface area (Å²) in [5.41, 5.74) is 3.21. The molecule has 5 rings (SSSR count). The van der Waals surface area contributed by atoms with Gasteiger partial charge in [0.15, 0.2) is 5.82 Å². The van der Waals surface area contributed by atoms with Crippen molar-refractivity contribution in [2.24, 2.45) is 5.92 Å². The minimum Gasteiger partial charge on any atom is -0.309 e. The topological polar surface area (TPSA) is 75.1 Å². The second-order valence-electron chi connectivity index (χ2n) is 6.94. The zero-order valence-corrected chi connectivity index (χ0v) is 16.2. The highest BCUT2D eigenvalue weighted by molar-refractivity contribution is 9.10. The molecular formula is C19H14BrF2N5O. The zero-order chi connectivity index (χ0) is 19.6. The van der Waals surface area contributed by atoms with Crippen molar-refractivity contribution in [3.8, 4) is 11.1 Å². The number of pyridine rings is 1. The first-order chi connectivity index (χ1) is 13.4. The molecule has 2 N–H and O–H groups in total. The van der Waals surface area contributed by atoms with Gasteiger partial charge >= 0.3 is 0 Å². The molecule has 2 unspecified atom stereocenters. The van der Waals surface area contributed by atoms with Gasteiger partial charge in [-0.25, -0.2) is 13.8 Å². The first-order valence-electron chi connectivity index (χ1n) is 8.68. The highest BCUT2D eigenvalue weighted by Crippen LogP contribution is 2.38. The van der Waals surface area contributed by atoms with Crippen molar-refractivity contribution in [2.75, 3.05) is 5.32 Å². The molecule has 142 valence electrons. The van der Waals surface area contributed by atoms with Crippen LogP contribution in [0.4, 0.5) is 14.6 Å². The monoisotopic (exact) mass is 445 g/mol. The first-order valence-corrected chi connectivity index (χ1v) is 9.48. The molecule has 1 saturated carbocycles. The number of carbonyl (C=O) groups is 1. The second kappa shape index (κ2) is 6.10. The van der Waals surface area contributed by atoms with E-state index in [1.165, 1.54) is 0 Å². The first kappa shape index (κ1) is 17.3. The summed E-state index contributed by atoms with van der Waals surface area (Å²) in [6.45, 7) is 1.72. The molecule has 0 aliphatic heterocycles. The summed E-state index contributed by atoms with van der Waals surface area (Å²) in [6, 6.07) is 3.62. The number of alkyl halides is 1. The number of anilines is 1. The Morgan fingerprint density at radius 3 is 2.93 bits per heavy atom. The van der Waals surface area contributed by atoms with Crippen LogP contribution < -0.4 is 5.32 Å². The maximum Gasteiger partial charge on any atom is 0.231 e. The Bertz CT molecular complexity index is 1260. The number of nitrogens with zero attached hydrogens (tertiary/aromatic N) is 3. The fourth-order valence-electron chi connectivity index (χ4n) is 3.46. The van der Waals surface area contributed by atoms with Gasteiger partial charge in [0.2, 0.25) is 5.91 Å². The van der Waals surface area contributed by atoms with Crippen molar-refractivity contribution in [2.45, 2.75) is 19.5 Å². The Labute approximate surface area is 166 Å². The fraction of sp³-hybridized carbons (Fsp3) is 0.211. The maximum atomic E-state index is 14.7. The average Bonchev–Trinajstić information content (AvgIpc) is 3.06. The van der Waals surface area contributed by atoms with Gasteiger partial charge in [-0.2, -0.15) is 5.10 Å². The van der Waals surface area contributed by atoms with Gasteiger partial charge in [0.05, 0.1) is 28.3 Å². The Balaban J connectivity index is 1.58. The van der Waals surface area contributed by atoms with Gasteiger partial charge in [0.1, 0.15) is 17.6 Å². The molecule has 9 heteroatoms. The van der Waals surface area contributed by atoms with Crippen LogP contribution >= 0.6 is 15.9 Å². The largest absolute Gasteiger partial charge is 0.309 e. The van der Waals surface area contributed by atoms with E-state index in [1.807, 2.05) is 12.3 Å². The Hall–Kier alpha value is -2.81. The van der Waals surface area contributed by atoms with Gasteiger partial charge in [-0.05, 0) is 52.5 Å². The highest BCUT2D eigenvalue weighted by Gasteiger charge is 2.43. The third kappa shape index (κ3) is 2.61. The highest BCUT2D eigenvalue weighted by atomic mass is 79.9. The average molecular weight is 446 g/mol. The number of amides is 1. The number of benzene rings is 1. The van der Waals surface area contributed by atoms with E-state index in [4.69, 9.17) is 0 Å². The summed E-state index contributed by atoms with van der Waals surface area (Å²) in [6.07, 6.45) is 4.34. The van der Waals surface area contributed by atoms with Crippen molar-refractivity contribution < 1.29 is 13.6 Å². The standard InChI is InChI=1S/C19H14BrF2N5O/c1-8-15(11-5-23-26-18(11)16(20)17(8)22)9-2-3-14-24-13(7-27(14)6-9)25-19(28)10-4-12(10)21/h2-3,5-7,10,12H,4H2,1H3,(H,23,26)(H,25,28). The molecule has 3 heterocycles. The molecular weight excluding hydrogens is 432 g/mol. The summed E-state index contributed by atoms with van der Waals surface area (Å²) < 4.78 is 29.8. The van der Waals surface area contributed by atoms with E-state index in [0.29, 0.717) is 27.0 Å². The third-order valence-electron chi connectivity index (χ3n) is 5.07. The third-order valence-corrected chi connectivity index (χ3v) is 5.81. The molecule has 0 radical (unpaired) electrons. The zero-order valence-electron chi connectivity index (χ0n) is 14.6. The second-order valence-corrected chi connectivity index (χ2v) is 7.74. The van der Waals surface area contributed by atoms with Gasteiger partial charge in [-0.3, -0.25) is 9.89 Å². The summed E-state index contributed by atoms with van der Waals surface area (Å²) in [4.78, 5) is 16.3. The molecule has 6 nitrogen and oxygen atoms in total. The van der Waals surface area contributed by atoms with E-state index < -0.39 is 12.1 Å². The van der Waals surface area contributed by atoms with E-state index in [0.717, 1.165) is 16.5 Å². The summed E-state index contributed by atoms with van der Waals surface area (Å²) in [5, 5.41) is 10.3. The smallest absolute Gasteiger partial charge is 0.231 e. The van der Waals surface area contributed by atoms with Crippen LogP contribution in [0.3, 0.4) is 0 Å². The molecule has 1 fully saturated rings. The Kier molecular flexibility index (Phi) is 3.77. The van der Waals surface area contributed by atoms with Crippen LogP contribution in [0, 0.1) is 18.7 Å². The van der Waals surface area contributed by atoms with Gasteiger partial charge in [0, 0.05) is 17.1 Å². The van der Waals surface area contributed by atoms with Crippen molar-refractivity contribution in [1.82, 2.24) is 19.6 Å². The number of hydrogen-bond acceptors (Lipinski definition) is 3. The molecule has 28 heavy (non-hydrogen) atoms.